The molecule has 1 atom stereocenters. The molecule has 0 aromatic rings. The molecule has 0 bridgehead atoms. The van der Waals surface area contributed by atoms with Crippen LogP contribution in [0.5, 0.6) is 0 Å². The molecule has 1 aliphatic rings. The molecule has 1 N–H and O–H groups in total. The molecule has 0 aromatic carbocycles. The van der Waals surface area contributed by atoms with E-state index in [9.17, 15) is 9.59 Å². The van der Waals surface area contributed by atoms with E-state index in [4.69, 9.17) is 9.84 Å². The third-order valence-corrected chi connectivity index (χ3v) is 2.10. The monoisotopic (exact) mass is 198 g/mol. The average Bonchev–Trinajstić information content (AvgIpc) is 2.48. The van der Waals surface area contributed by atoms with Gasteiger partial charge in [-0.1, -0.05) is 6.92 Å². The number of carboxylic acids is 1. The molecular weight excluding hydrogens is 184 g/mol. The maximum atomic E-state index is 10.7. The standard InChI is InChI=1S/C10H14O4/c1-7(2-4-9(11)12)6-8-3-5-10(13)14-8/h6-7H,2-5H2,1H3,(H,11,12)/b8-6+. The minimum atomic E-state index is -0.793. The number of carbonyl (C=O) groups is 2. The van der Waals surface area contributed by atoms with Crippen LogP contribution in [0.1, 0.15) is 32.6 Å². The summed E-state index contributed by atoms with van der Waals surface area (Å²) < 4.78 is 4.91. The molecule has 4 nitrogen and oxygen atoms in total. The fraction of sp³-hybridized carbons (Fsp3) is 0.600. The molecule has 1 saturated heterocycles. The maximum Gasteiger partial charge on any atom is 0.311 e. The van der Waals surface area contributed by atoms with Gasteiger partial charge in [0.25, 0.3) is 0 Å². The Morgan fingerprint density at radius 3 is 2.86 bits per heavy atom. The van der Waals surface area contributed by atoms with Crippen LogP contribution in [0.3, 0.4) is 0 Å². The Morgan fingerprint density at radius 1 is 1.64 bits per heavy atom. The van der Waals surface area contributed by atoms with Crippen molar-refractivity contribution in [3.63, 3.8) is 0 Å². The Morgan fingerprint density at radius 2 is 2.36 bits per heavy atom. The summed E-state index contributed by atoms with van der Waals surface area (Å²) in [5.74, 6) is -0.153. The molecule has 1 aliphatic heterocycles. The van der Waals surface area contributed by atoms with Crippen molar-refractivity contribution in [2.24, 2.45) is 5.92 Å². The number of carbonyl (C=O) groups excluding carboxylic acids is 1. The highest BCUT2D eigenvalue weighted by molar-refractivity contribution is 5.73. The fourth-order valence-electron chi connectivity index (χ4n) is 1.34. The summed E-state index contributed by atoms with van der Waals surface area (Å²) in [5, 5.41) is 8.46. The second kappa shape index (κ2) is 4.79. The number of carboxylic acid groups (broad SMARTS) is 1. The van der Waals surface area contributed by atoms with Gasteiger partial charge in [0.2, 0.25) is 0 Å². The Hall–Kier alpha value is -1.32. The molecule has 1 rings (SSSR count). The molecular formula is C10H14O4. The van der Waals surface area contributed by atoms with Crippen molar-refractivity contribution >= 4 is 11.9 Å². The first kappa shape index (κ1) is 10.8. The van der Waals surface area contributed by atoms with E-state index in [0.29, 0.717) is 25.0 Å². The molecule has 78 valence electrons. The predicted octanol–water partition coefficient (Wildman–Crippen LogP) is 1.71. The van der Waals surface area contributed by atoms with Crippen molar-refractivity contribution < 1.29 is 19.4 Å². The fourth-order valence-corrected chi connectivity index (χ4v) is 1.34. The van der Waals surface area contributed by atoms with Crippen LogP contribution in [0.25, 0.3) is 0 Å². The van der Waals surface area contributed by atoms with Crippen molar-refractivity contribution in [1.29, 1.82) is 0 Å². The minimum absolute atomic E-state index is 0.145. The van der Waals surface area contributed by atoms with Gasteiger partial charge >= 0.3 is 11.9 Å². The van der Waals surface area contributed by atoms with Gasteiger partial charge in [0.1, 0.15) is 5.76 Å². The van der Waals surface area contributed by atoms with E-state index in [1.54, 1.807) is 0 Å². The highest BCUT2D eigenvalue weighted by Crippen LogP contribution is 2.20. The van der Waals surface area contributed by atoms with Gasteiger partial charge in [-0.15, -0.1) is 0 Å². The molecule has 4 heteroatoms. The predicted molar refractivity (Wildman–Crippen MR) is 49.4 cm³/mol. The quantitative estimate of drug-likeness (QED) is 0.698. The number of esters is 1. The van der Waals surface area contributed by atoms with Crippen LogP contribution >= 0.6 is 0 Å². The van der Waals surface area contributed by atoms with E-state index in [1.165, 1.54) is 0 Å². The first-order valence-electron chi connectivity index (χ1n) is 4.71. The lowest BCUT2D eigenvalue weighted by molar-refractivity contribution is -0.137. The van der Waals surface area contributed by atoms with Crippen LogP contribution in [0.4, 0.5) is 0 Å². The molecule has 1 unspecified atom stereocenters. The summed E-state index contributed by atoms with van der Waals surface area (Å²) in [6.45, 7) is 1.92. The van der Waals surface area contributed by atoms with Crippen LogP contribution in [0.15, 0.2) is 11.8 Å². The van der Waals surface area contributed by atoms with Crippen molar-refractivity contribution in [2.45, 2.75) is 32.6 Å². The van der Waals surface area contributed by atoms with Crippen LogP contribution < -0.4 is 0 Å². The summed E-state index contributed by atoms with van der Waals surface area (Å²) in [5.41, 5.74) is 0. The van der Waals surface area contributed by atoms with Gasteiger partial charge in [-0.3, -0.25) is 9.59 Å². The number of allylic oxidation sites excluding steroid dienone is 2. The zero-order valence-electron chi connectivity index (χ0n) is 8.16. The van der Waals surface area contributed by atoms with Crippen LogP contribution in [0.2, 0.25) is 0 Å². The molecule has 1 heterocycles. The van der Waals surface area contributed by atoms with Gasteiger partial charge in [-0.25, -0.2) is 0 Å². The first-order valence-corrected chi connectivity index (χ1v) is 4.71. The largest absolute Gasteiger partial charge is 0.481 e. The Bertz CT molecular complexity index is 267. The normalized spacial score (nSPS) is 20.9. The number of aliphatic carboxylic acids is 1. The summed E-state index contributed by atoms with van der Waals surface area (Å²) in [6, 6.07) is 0. The SMILES string of the molecule is CC(/C=C1\CCC(=O)O1)CCC(=O)O. The smallest absolute Gasteiger partial charge is 0.311 e. The Balaban J connectivity index is 2.35. The van der Waals surface area contributed by atoms with Crippen molar-refractivity contribution in [1.82, 2.24) is 0 Å². The molecule has 0 aromatic heterocycles. The van der Waals surface area contributed by atoms with E-state index in [1.807, 2.05) is 13.0 Å². The van der Waals surface area contributed by atoms with Gasteiger partial charge in [-0.2, -0.15) is 0 Å². The number of hydrogen-bond donors (Lipinski definition) is 1. The van der Waals surface area contributed by atoms with Crippen molar-refractivity contribution in [3.05, 3.63) is 11.8 Å². The second-order valence-electron chi connectivity index (χ2n) is 3.52. The number of hydrogen-bond acceptors (Lipinski definition) is 3. The average molecular weight is 198 g/mol. The topological polar surface area (TPSA) is 63.6 Å². The van der Waals surface area contributed by atoms with Gasteiger partial charge in [0.05, 0.1) is 6.42 Å². The lowest BCUT2D eigenvalue weighted by Crippen LogP contribution is -2.00. The van der Waals surface area contributed by atoms with Crippen molar-refractivity contribution in [3.8, 4) is 0 Å². The third-order valence-electron chi connectivity index (χ3n) is 2.10. The van der Waals surface area contributed by atoms with E-state index in [0.717, 1.165) is 0 Å². The Labute approximate surface area is 82.6 Å². The number of rotatable bonds is 4. The van der Waals surface area contributed by atoms with Gasteiger partial charge in [0, 0.05) is 12.8 Å². The van der Waals surface area contributed by atoms with Crippen molar-refractivity contribution in [2.75, 3.05) is 0 Å². The Kier molecular flexibility index (Phi) is 3.68. The summed E-state index contributed by atoms with van der Waals surface area (Å²) >= 11 is 0. The molecule has 1 fully saturated rings. The van der Waals surface area contributed by atoms with Crippen LogP contribution in [0, 0.1) is 5.92 Å². The van der Waals surface area contributed by atoms with E-state index >= 15 is 0 Å². The molecule has 0 saturated carbocycles. The molecule has 0 aliphatic carbocycles. The van der Waals surface area contributed by atoms with Gasteiger partial charge in [-0.05, 0) is 18.4 Å². The van der Waals surface area contributed by atoms with E-state index in [-0.39, 0.29) is 18.3 Å². The van der Waals surface area contributed by atoms with Gasteiger partial charge in [0.15, 0.2) is 0 Å². The number of ether oxygens (including phenoxy) is 1. The lowest BCUT2D eigenvalue weighted by atomic mass is 10.0. The minimum Gasteiger partial charge on any atom is -0.481 e. The third kappa shape index (κ3) is 3.60. The molecule has 0 radical (unpaired) electrons. The van der Waals surface area contributed by atoms with E-state index < -0.39 is 5.97 Å². The zero-order valence-corrected chi connectivity index (χ0v) is 8.16. The van der Waals surface area contributed by atoms with Crippen LogP contribution in [-0.4, -0.2) is 17.0 Å². The molecule has 0 amide bonds. The van der Waals surface area contributed by atoms with Crippen LogP contribution in [-0.2, 0) is 14.3 Å². The maximum absolute atomic E-state index is 10.7. The highest BCUT2D eigenvalue weighted by Gasteiger charge is 2.17. The summed E-state index contributed by atoms with van der Waals surface area (Å²) in [6.07, 6.45) is 3.66. The number of cyclic esters (lactones) is 1. The van der Waals surface area contributed by atoms with Gasteiger partial charge < -0.3 is 9.84 Å². The first-order chi connectivity index (χ1) is 6.58. The highest BCUT2D eigenvalue weighted by atomic mass is 16.5. The summed E-state index contributed by atoms with van der Waals surface area (Å²) in [7, 11) is 0. The second-order valence-corrected chi connectivity index (χ2v) is 3.52. The van der Waals surface area contributed by atoms with E-state index in [2.05, 4.69) is 0 Å². The zero-order chi connectivity index (χ0) is 10.6. The lowest BCUT2D eigenvalue weighted by Gasteiger charge is -2.04. The molecule has 14 heavy (non-hydrogen) atoms. The molecule has 0 spiro atoms. The summed E-state index contributed by atoms with van der Waals surface area (Å²) in [4.78, 5) is 21.0.